The molecule has 2 aromatic rings. The third-order valence-corrected chi connectivity index (χ3v) is 5.26. The van der Waals surface area contributed by atoms with E-state index in [9.17, 15) is 20.4 Å². The van der Waals surface area contributed by atoms with Gasteiger partial charge in [0, 0.05) is 31.9 Å². The van der Waals surface area contributed by atoms with Crippen LogP contribution in [0.15, 0.2) is 24.3 Å². The van der Waals surface area contributed by atoms with E-state index in [4.69, 9.17) is 23.8 Å². The number of aliphatic hydroxyl groups excluding tert-OH is 4. The molecule has 5 atom stereocenters. The monoisotopic (exact) mass is 457 g/mol. The van der Waals surface area contributed by atoms with Crippen LogP contribution in [-0.4, -0.2) is 73.6 Å². The maximum Gasteiger partial charge on any atom is 0.239 e. The summed E-state index contributed by atoms with van der Waals surface area (Å²) in [6.45, 7) is -1.44. The Morgan fingerprint density at radius 3 is 2.44 bits per heavy atom. The molecule has 0 radical (unpaired) electrons. The molecular formula is C23H34N2O7. The van der Waals surface area contributed by atoms with E-state index >= 15 is 0 Å². The van der Waals surface area contributed by atoms with Gasteiger partial charge in [0.2, 0.25) is 12.2 Å². The molecule has 1 aliphatic heterocycles. The minimum atomic E-state index is -2.87. The van der Waals surface area contributed by atoms with E-state index in [1.807, 2.05) is 0 Å². The van der Waals surface area contributed by atoms with Gasteiger partial charge >= 0.3 is 0 Å². The molecule has 0 amide bonds. The summed E-state index contributed by atoms with van der Waals surface area (Å²) in [5.41, 5.74) is 1.73. The van der Waals surface area contributed by atoms with Gasteiger partial charge in [-0.05, 0) is 52.2 Å². The van der Waals surface area contributed by atoms with Crippen LogP contribution in [0.4, 0.5) is 0 Å². The first-order chi connectivity index (χ1) is 17.8. The Morgan fingerprint density at radius 1 is 1.16 bits per heavy atom. The second-order valence-corrected chi connectivity index (χ2v) is 7.86. The lowest BCUT2D eigenvalue weighted by molar-refractivity contribution is -0.278. The molecule has 3 rings (SSSR count). The average Bonchev–Trinajstić information content (AvgIpc) is 3.12. The van der Waals surface area contributed by atoms with Crippen molar-refractivity contribution in [3.63, 3.8) is 0 Å². The molecule has 9 heteroatoms. The van der Waals surface area contributed by atoms with Gasteiger partial charge in [-0.2, -0.15) is 0 Å². The van der Waals surface area contributed by atoms with Crippen LogP contribution in [0.5, 0.6) is 11.6 Å². The van der Waals surface area contributed by atoms with Gasteiger partial charge in [0.15, 0.2) is 0 Å². The van der Waals surface area contributed by atoms with Gasteiger partial charge in [0.05, 0.1) is 14.1 Å². The average molecular weight is 458 g/mol. The van der Waals surface area contributed by atoms with Crippen molar-refractivity contribution in [2.75, 3.05) is 6.61 Å². The quantitative estimate of drug-likeness (QED) is 0.468. The Morgan fingerprint density at radius 2 is 1.84 bits per heavy atom. The highest BCUT2D eigenvalue weighted by Gasteiger charge is 2.45. The van der Waals surface area contributed by atoms with Gasteiger partial charge in [-0.1, -0.05) is 12.1 Å². The molecule has 1 aliphatic rings. The Balaban J connectivity index is 1.89. The molecule has 2 heterocycles. The normalized spacial score (nSPS) is 30.4. The summed E-state index contributed by atoms with van der Waals surface area (Å²) in [7, 11) is 0. The lowest BCUT2D eigenvalue weighted by Crippen LogP contribution is -2.60. The Bertz CT molecular complexity index is 1100. The van der Waals surface area contributed by atoms with E-state index in [-0.39, 0.29) is 18.1 Å². The van der Waals surface area contributed by atoms with Crippen LogP contribution in [0.2, 0.25) is 0 Å². The van der Waals surface area contributed by atoms with Crippen LogP contribution >= 0.6 is 0 Å². The van der Waals surface area contributed by atoms with Crippen molar-refractivity contribution >= 4 is 0 Å². The minimum Gasteiger partial charge on any atom is -0.491 e. The topological polar surface area (TPSA) is 126 Å². The van der Waals surface area contributed by atoms with Crippen LogP contribution in [0.1, 0.15) is 60.0 Å². The van der Waals surface area contributed by atoms with E-state index in [0.717, 1.165) is 0 Å². The van der Waals surface area contributed by atoms with Crippen molar-refractivity contribution in [1.29, 1.82) is 0 Å². The number of hydrogen-bond acceptors (Lipinski definition) is 8. The van der Waals surface area contributed by atoms with E-state index in [2.05, 4.69) is 5.10 Å². The van der Waals surface area contributed by atoms with Gasteiger partial charge in [-0.25, -0.2) is 0 Å². The summed E-state index contributed by atoms with van der Waals surface area (Å²) >= 11 is 0. The van der Waals surface area contributed by atoms with E-state index < -0.39 is 63.1 Å². The standard InChI is InChI=1S/C23H34N2O7/c1-12(2)25-14(5)17(10-15-6-8-16(9-7-15)30-13(3)4)22(24-25)32-23-21(29)20(28)19(27)18(11-26)31-23/h6-9,12-13,18-21,23,26-29H,10-11H2,1-5H3/t18-,19-,20+,21-,23+/m1/s1/i3D3,4D3,12D. The predicted molar refractivity (Wildman–Crippen MR) is 117 cm³/mol. The van der Waals surface area contributed by atoms with E-state index in [1.54, 1.807) is 32.9 Å². The number of aliphatic hydroxyl groups is 4. The zero-order chi connectivity index (χ0) is 29.5. The fourth-order valence-corrected chi connectivity index (χ4v) is 3.54. The number of hydrogen-bond donors (Lipinski definition) is 4. The SMILES string of the molecule is [2H]C([2H])([2H])C(Oc1ccc(Cc2c(O[C@@H]3O[C@H](CO)[C@@H](O)[C@H](O)[C@H]3O)nn(C([2H])(C)C)c2C)cc1)C([2H])([2H])[2H]. The summed E-state index contributed by atoms with van der Waals surface area (Å²) in [6.07, 6.45) is -9.36. The Kier molecular flexibility index (Phi) is 5.23. The molecule has 1 saturated heterocycles. The highest BCUT2D eigenvalue weighted by atomic mass is 16.7. The van der Waals surface area contributed by atoms with Crippen LogP contribution in [0.25, 0.3) is 0 Å². The molecule has 1 aromatic heterocycles. The van der Waals surface area contributed by atoms with Crippen LogP contribution in [-0.2, 0) is 11.2 Å². The smallest absolute Gasteiger partial charge is 0.239 e. The fraction of sp³-hybridized carbons (Fsp3) is 0.609. The highest BCUT2D eigenvalue weighted by molar-refractivity contribution is 5.38. The van der Waals surface area contributed by atoms with Crippen LogP contribution in [0, 0.1) is 6.92 Å². The summed E-state index contributed by atoms with van der Waals surface area (Å²) in [4.78, 5) is 0. The molecular weight excluding hydrogens is 416 g/mol. The van der Waals surface area contributed by atoms with Crippen molar-refractivity contribution in [2.45, 2.75) is 83.7 Å². The molecule has 1 aromatic carbocycles. The molecule has 9 nitrogen and oxygen atoms in total. The molecule has 0 bridgehead atoms. The van der Waals surface area contributed by atoms with Crippen LogP contribution in [0.3, 0.4) is 0 Å². The molecule has 0 spiro atoms. The zero-order valence-electron chi connectivity index (χ0n) is 25.1. The summed E-state index contributed by atoms with van der Waals surface area (Å²) in [6, 6.07) is 4.88. The Hall–Kier alpha value is -2.17. The number of ether oxygens (including phenoxy) is 3. The van der Waals surface area contributed by atoms with Gasteiger partial charge < -0.3 is 34.6 Å². The molecule has 4 N–H and O–H groups in total. The lowest BCUT2D eigenvalue weighted by Gasteiger charge is -2.39. The second-order valence-electron chi connectivity index (χ2n) is 7.86. The first-order valence-electron chi connectivity index (χ1n) is 13.7. The maximum atomic E-state index is 10.4. The number of rotatable bonds is 8. The molecule has 0 saturated carbocycles. The van der Waals surface area contributed by atoms with Crippen molar-refractivity contribution in [3.05, 3.63) is 41.1 Å². The largest absolute Gasteiger partial charge is 0.491 e. The number of nitrogens with zero attached hydrogens (tertiary/aromatic N) is 2. The molecule has 1 fully saturated rings. The number of benzene rings is 1. The summed E-state index contributed by atoms with van der Waals surface area (Å²) < 4.78 is 71.3. The third-order valence-electron chi connectivity index (χ3n) is 5.26. The molecule has 32 heavy (non-hydrogen) atoms. The van der Waals surface area contributed by atoms with Crippen molar-refractivity contribution in [3.8, 4) is 11.6 Å². The maximum absolute atomic E-state index is 10.4. The Labute approximate surface area is 198 Å². The van der Waals surface area contributed by atoms with Crippen molar-refractivity contribution in [1.82, 2.24) is 9.78 Å². The molecule has 0 unspecified atom stereocenters. The first-order valence-corrected chi connectivity index (χ1v) is 10.2. The van der Waals surface area contributed by atoms with Gasteiger partial charge in [-0.15, -0.1) is 5.10 Å². The summed E-state index contributed by atoms with van der Waals surface area (Å²) in [5.74, 6) is 0.0378. The third kappa shape index (κ3) is 5.24. The number of aromatic nitrogens is 2. The first kappa shape index (κ1) is 16.4. The molecule has 0 aliphatic carbocycles. The highest BCUT2D eigenvalue weighted by Crippen LogP contribution is 2.31. The van der Waals surface area contributed by atoms with Crippen molar-refractivity contribution < 1.29 is 44.2 Å². The second kappa shape index (κ2) is 10.2. The van der Waals surface area contributed by atoms with Crippen LogP contribution < -0.4 is 9.47 Å². The van der Waals surface area contributed by atoms with Gasteiger partial charge in [-0.3, -0.25) is 4.68 Å². The minimum absolute atomic E-state index is 0.0117. The molecule has 178 valence electrons. The van der Waals surface area contributed by atoms with Gasteiger partial charge in [0.25, 0.3) is 0 Å². The zero-order valence-corrected chi connectivity index (χ0v) is 18.1. The lowest BCUT2D eigenvalue weighted by atomic mass is 9.99. The van der Waals surface area contributed by atoms with Gasteiger partial charge in [0.1, 0.15) is 30.2 Å². The predicted octanol–water partition coefficient (Wildman–Crippen LogP) is 1.33. The van der Waals surface area contributed by atoms with E-state index in [1.165, 1.54) is 16.8 Å². The fourth-order valence-electron chi connectivity index (χ4n) is 3.54. The van der Waals surface area contributed by atoms with Crippen molar-refractivity contribution in [2.24, 2.45) is 0 Å². The van der Waals surface area contributed by atoms with E-state index in [0.29, 0.717) is 16.8 Å². The summed E-state index contributed by atoms with van der Waals surface area (Å²) in [5, 5.41) is 44.4.